The van der Waals surface area contributed by atoms with Crippen molar-refractivity contribution in [3.8, 4) is 17.1 Å². The van der Waals surface area contributed by atoms with Crippen molar-refractivity contribution in [1.82, 2.24) is 14.9 Å². The maximum absolute atomic E-state index is 14.0. The van der Waals surface area contributed by atoms with Gasteiger partial charge < -0.3 is 14.7 Å². The highest BCUT2D eigenvalue weighted by Gasteiger charge is 2.31. The molecule has 0 spiro atoms. The van der Waals surface area contributed by atoms with Crippen LogP contribution in [-0.4, -0.2) is 59.5 Å². The Balaban J connectivity index is 1.85. The summed E-state index contributed by atoms with van der Waals surface area (Å²) in [5, 5.41) is 9.11. The average molecular weight is 595 g/mol. The summed E-state index contributed by atoms with van der Waals surface area (Å²) in [6.45, 7) is 10.5. The molecule has 2 N–H and O–H groups in total. The second-order valence-corrected chi connectivity index (χ2v) is 13.6. The summed E-state index contributed by atoms with van der Waals surface area (Å²) in [4.78, 5) is 35.6. The largest absolute Gasteiger partial charge is 0.481 e. The molecule has 1 aliphatic rings. The Morgan fingerprint density at radius 2 is 1.76 bits per heavy atom. The zero-order valence-corrected chi connectivity index (χ0v) is 25.5. The van der Waals surface area contributed by atoms with E-state index in [9.17, 15) is 18.0 Å². The topological polar surface area (TPSA) is 139 Å². The number of sulfonamides is 1. The van der Waals surface area contributed by atoms with Gasteiger partial charge in [0, 0.05) is 30.2 Å². The van der Waals surface area contributed by atoms with Crippen LogP contribution >= 0.6 is 0 Å². The van der Waals surface area contributed by atoms with Gasteiger partial charge in [-0.1, -0.05) is 45.0 Å². The standard InChI is InChI=1S/C31H38N4O6S/c1-20-10-8-11-21(2)28(20)25-17-26-33-30(32-25)34-42(39,40)24-13-9-12-22(16-24)29(38)35(15-7-6-14-27(36)37)23(19-41-26)18-31(3,4)5/h8-13,16-17,23H,6-7,14-15,18-19H2,1-5H3,(H,36,37)(H,32,33,34)/t23-/m1/s1. The van der Waals surface area contributed by atoms with Crippen LogP contribution in [-0.2, 0) is 14.8 Å². The van der Waals surface area contributed by atoms with Gasteiger partial charge >= 0.3 is 5.97 Å². The quantitative estimate of drug-likeness (QED) is 0.344. The second-order valence-electron chi connectivity index (χ2n) is 11.9. The number of aryl methyl sites for hydroxylation is 2. The number of carbonyl (C=O) groups is 2. The minimum absolute atomic E-state index is 0.00727. The smallest absolute Gasteiger partial charge is 0.303 e. The van der Waals surface area contributed by atoms with Crippen molar-refractivity contribution in [2.75, 3.05) is 17.9 Å². The fourth-order valence-corrected chi connectivity index (χ4v) is 6.18. The third kappa shape index (κ3) is 7.64. The van der Waals surface area contributed by atoms with E-state index in [0.29, 0.717) is 25.0 Å². The zero-order valence-electron chi connectivity index (χ0n) is 24.7. The van der Waals surface area contributed by atoms with Crippen molar-refractivity contribution in [2.45, 2.75) is 71.2 Å². The van der Waals surface area contributed by atoms with Crippen LogP contribution in [0.2, 0.25) is 0 Å². The molecular formula is C31H38N4O6S. The number of anilines is 1. The lowest BCUT2D eigenvalue weighted by molar-refractivity contribution is -0.137. The van der Waals surface area contributed by atoms with Gasteiger partial charge in [0.05, 0.1) is 16.6 Å². The molecular weight excluding hydrogens is 556 g/mol. The summed E-state index contributed by atoms with van der Waals surface area (Å²) in [6.07, 6.45) is 1.43. The molecule has 0 aliphatic carbocycles. The molecule has 1 aliphatic heterocycles. The van der Waals surface area contributed by atoms with Gasteiger partial charge in [-0.3, -0.25) is 9.59 Å². The summed E-state index contributed by atoms with van der Waals surface area (Å²) >= 11 is 0. The Kier molecular flexibility index (Phi) is 9.20. The summed E-state index contributed by atoms with van der Waals surface area (Å²) < 4.78 is 35.6. The first-order chi connectivity index (χ1) is 19.7. The molecule has 2 aromatic carbocycles. The Labute approximate surface area is 247 Å². The van der Waals surface area contributed by atoms with Crippen molar-refractivity contribution in [3.63, 3.8) is 0 Å². The maximum atomic E-state index is 14.0. The first-order valence-electron chi connectivity index (χ1n) is 14.0. The molecule has 0 saturated heterocycles. The van der Waals surface area contributed by atoms with Crippen molar-refractivity contribution >= 4 is 27.8 Å². The summed E-state index contributed by atoms with van der Waals surface area (Å²) in [7, 11) is -4.16. The number of hydrogen-bond donors (Lipinski definition) is 2. The van der Waals surface area contributed by atoms with Gasteiger partial charge in [0.1, 0.15) is 6.61 Å². The van der Waals surface area contributed by atoms with E-state index in [1.54, 1.807) is 17.0 Å². The molecule has 224 valence electrons. The Morgan fingerprint density at radius 1 is 1.07 bits per heavy atom. The van der Waals surface area contributed by atoms with E-state index < -0.39 is 22.0 Å². The van der Waals surface area contributed by atoms with E-state index in [2.05, 4.69) is 35.5 Å². The van der Waals surface area contributed by atoms with Crippen LogP contribution in [0.15, 0.2) is 53.4 Å². The molecule has 0 fully saturated rings. The van der Waals surface area contributed by atoms with Gasteiger partial charge in [-0.05, 0) is 67.9 Å². The number of ether oxygens (including phenoxy) is 1. The third-order valence-electron chi connectivity index (χ3n) is 7.07. The molecule has 3 aromatic rings. The first-order valence-corrected chi connectivity index (χ1v) is 15.5. The molecule has 0 unspecified atom stereocenters. The van der Waals surface area contributed by atoms with E-state index in [1.807, 2.05) is 32.0 Å². The van der Waals surface area contributed by atoms with Gasteiger partial charge in [-0.15, -0.1) is 0 Å². The number of aliphatic carboxylic acids is 1. The van der Waals surface area contributed by atoms with Gasteiger partial charge in [-0.25, -0.2) is 18.1 Å². The van der Waals surface area contributed by atoms with Gasteiger partial charge in [0.15, 0.2) is 0 Å². The Hall–Kier alpha value is -3.99. The zero-order chi connectivity index (χ0) is 30.7. The average Bonchev–Trinajstić information content (AvgIpc) is 2.89. The van der Waals surface area contributed by atoms with E-state index in [4.69, 9.17) is 9.84 Å². The lowest BCUT2D eigenvalue weighted by Gasteiger charge is -2.36. The number of carboxylic acid groups (broad SMARTS) is 1. The van der Waals surface area contributed by atoms with Gasteiger partial charge in [0.25, 0.3) is 15.9 Å². The molecule has 0 saturated carbocycles. The van der Waals surface area contributed by atoms with Crippen LogP contribution in [0, 0.1) is 19.3 Å². The summed E-state index contributed by atoms with van der Waals surface area (Å²) in [6, 6.07) is 13.0. The predicted molar refractivity (Wildman–Crippen MR) is 160 cm³/mol. The lowest BCUT2D eigenvalue weighted by atomic mass is 9.87. The highest BCUT2D eigenvalue weighted by Crippen LogP contribution is 2.31. The van der Waals surface area contributed by atoms with Crippen molar-refractivity contribution in [2.24, 2.45) is 5.41 Å². The van der Waals surface area contributed by atoms with Crippen LogP contribution in [0.4, 0.5) is 5.95 Å². The molecule has 2 heterocycles. The molecule has 1 aromatic heterocycles. The molecule has 4 rings (SSSR count). The molecule has 42 heavy (non-hydrogen) atoms. The van der Waals surface area contributed by atoms with Crippen LogP contribution < -0.4 is 9.46 Å². The molecule has 4 bridgehead atoms. The summed E-state index contributed by atoms with van der Waals surface area (Å²) in [5.41, 5.74) is 3.29. The number of nitrogens with one attached hydrogen (secondary N) is 1. The number of carbonyl (C=O) groups excluding carboxylic acids is 1. The number of rotatable bonds is 7. The fourth-order valence-electron chi connectivity index (χ4n) is 5.19. The van der Waals surface area contributed by atoms with Crippen molar-refractivity contribution in [1.29, 1.82) is 0 Å². The van der Waals surface area contributed by atoms with Crippen LogP contribution in [0.5, 0.6) is 5.88 Å². The molecule has 1 amide bonds. The SMILES string of the molecule is Cc1cccc(C)c1-c1cc2nc(n1)NS(=O)(=O)c1cccc(c1)C(=O)N(CCCCC(=O)O)[C@H](CC(C)(C)C)CO2. The number of carboxylic acids is 1. The third-order valence-corrected chi connectivity index (χ3v) is 8.40. The number of benzene rings is 2. The second kappa shape index (κ2) is 12.5. The van der Waals surface area contributed by atoms with Crippen molar-refractivity contribution < 1.29 is 27.9 Å². The van der Waals surface area contributed by atoms with E-state index in [-0.39, 0.29) is 53.2 Å². The highest BCUT2D eigenvalue weighted by molar-refractivity contribution is 7.92. The Bertz CT molecular complexity index is 1560. The fraction of sp³-hybridized carbons (Fsp3) is 0.419. The number of unbranched alkanes of at least 4 members (excludes halogenated alkanes) is 1. The number of aromatic nitrogens is 2. The molecule has 10 nitrogen and oxygen atoms in total. The normalized spacial score (nSPS) is 16.8. The van der Waals surface area contributed by atoms with Crippen LogP contribution in [0.25, 0.3) is 11.3 Å². The van der Waals surface area contributed by atoms with Crippen molar-refractivity contribution in [3.05, 3.63) is 65.2 Å². The van der Waals surface area contributed by atoms with Crippen LogP contribution in [0.3, 0.4) is 0 Å². The molecule has 1 atom stereocenters. The number of hydrogen-bond acceptors (Lipinski definition) is 7. The number of nitrogens with zero attached hydrogens (tertiary/aromatic N) is 3. The first kappa shape index (κ1) is 31.0. The number of fused-ring (bicyclic) bond motifs is 4. The van der Waals surface area contributed by atoms with Gasteiger partial charge in [-0.2, -0.15) is 4.98 Å². The monoisotopic (exact) mass is 594 g/mol. The maximum Gasteiger partial charge on any atom is 0.303 e. The highest BCUT2D eigenvalue weighted by atomic mass is 32.2. The minimum atomic E-state index is -4.16. The number of amides is 1. The summed E-state index contributed by atoms with van der Waals surface area (Å²) in [5.74, 6) is -1.22. The lowest BCUT2D eigenvalue weighted by Crippen LogP contribution is -2.46. The molecule has 0 radical (unpaired) electrons. The van der Waals surface area contributed by atoms with E-state index in [1.165, 1.54) is 18.2 Å². The minimum Gasteiger partial charge on any atom is -0.481 e. The van der Waals surface area contributed by atoms with E-state index in [0.717, 1.165) is 16.7 Å². The predicted octanol–water partition coefficient (Wildman–Crippen LogP) is 5.46. The van der Waals surface area contributed by atoms with E-state index >= 15 is 0 Å². The van der Waals surface area contributed by atoms with Gasteiger partial charge in [0.2, 0.25) is 11.8 Å². The van der Waals surface area contributed by atoms with Crippen LogP contribution in [0.1, 0.15) is 67.9 Å². The Morgan fingerprint density at radius 3 is 2.43 bits per heavy atom. The molecule has 11 heteroatoms.